The van der Waals surface area contributed by atoms with Crippen LogP contribution in [0.4, 0.5) is 13.2 Å². The summed E-state index contributed by atoms with van der Waals surface area (Å²) in [6, 6.07) is 2.07. The van der Waals surface area contributed by atoms with Crippen LogP contribution < -0.4 is 5.32 Å². The average molecular weight is 317 g/mol. The first-order chi connectivity index (χ1) is 10.1. The summed E-state index contributed by atoms with van der Waals surface area (Å²) in [6.07, 6.45) is 6.20. The Hall–Kier alpha value is -0.680. The summed E-state index contributed by atoms with van der Waals surface area (Å²) >= 11 is 1.81. The molecule has 1 nitrogen and oxygen atoms in total. The van der Waals surface area contributed by atoms with Crippen molar-refractivity contribution in [1.82, 2.24) is 5.32 Å². The minimum atomic E-state index is -1.38. The zero-order chi connectivity index (χ0) is 15.2. The number of nitrogens with one attached hydrogen (secondary N) is 1. The molecule has 0 heterocycles. The molecule has 0 bridgehead atoms. The summed E-state index contributed by atoms with van der Waals surface area (Å²) in [7, 11) is 0. The fourth-order valence-corrected chi connectivity index (χ4v) is 4.21. The molecule has 0 spiro atoms. The van der Waals surface area contributed by atoms with Crippen LogP contribution in [0.3, 0.4) is 0 Å². The van der Waals surface area contributed by atoms with Gasteiger partial charge in [0.1, 0.15) is 0 Å². The lowest BCUT2D eigenvalue weighted by Crippen LogP contribution is -2.25. The Morgan fingerprint density at radius 2 is 1.86 bits per heavy atom. The van der Waals surface area contributed by atoms with E-state index in [1.807, 2.05) is 18.7 Å². The summed E-state index contributed by atoms with van der Waals surface area (Å²) < 4.78 is 40.4. The predicted octanol–water partition coefficient (Wildman–Crippen LogP) is 4.82. The minimum Gasteiger partial charge on any atom is -0.309 e. The van der Waals surface area contributed by atoms with Gasteiger partial charge in [0.15, 0.2) is 17.5 Å². The van der Waals surface area contributed by atoms with E-state index in [1.54, 1.807) is 0 Å². The highest BCUT2D eigenvalue weighted by molar-refractivity contribution is 7.99. The number of hydrogen-bond acceptors (Lipinski definition) is 2. The molecule has 21 heavy (non-hydrogen) atoms. The quantitative estimate of drug-likeness (QED) is 0.755. The van der Waals surface area contributed by atoms with Gasteiger partial charge in [-0.05, 0) is 25.5 Å². The van der Waals surface area contributed by atoms with E-state index in [0.29, 0.717) is 17.5 Å². The summed E-state index contributed by atoms with van der Waals surface area (Å²) in [4.78, 5) is 0. The number of rotatable bonds is 6. The first-order valence-corrected chi connectivity index (χ1v) is 8.66. The van der Waals surface area contributed by atoms with Crippen molar-refractivity contribution in [3.63, 3.8) is 0 Å². The van der Waals surface area contributed by atoms with Gasteiger partial charge in [-0.3, -0.25) is 0 Å². The van der Waals surface area contributed by atoms with Crippen molar-refractivity contribution in [2.75, 3.05) is 12.3 Å². The lowest BCUT2D eigenvalue weighted by Gasteiger charge is -2.25. The van der Waals surface area contributed by atoms with Crippen molar-refractivity contribution in [3.8, 4) is 0 Å². The van der Waals surface area contributed by atoms with E-state index < -0.39 is 17.5 Å². The van der Waals surface area contributed by atoms with Gasteiger partial charge in [0, 0.05) is 22.6 Å². The second kappa shape index (κ2) is 8.08. The van der Waals surface area contributed by atoms with Gasteiger partial charge in [-0.1, -0.05) is 32.3 Å². The number of thioether (sulfide) groups is 1. The fourth-order valence-electron chi connectivity index (χ4n) is 2.78. The number of hydrogen-bond donors (Lipinski definition) is 1. The molecule has 1 fully saturated rings. The van der Waals surface area contributed by atoms with Crippen molar-refractivity contribution < 1.29 is 13.2 Å². The topological polar surface area (TPSA) is 12.0 Å². The van der Waals surface area contributed by atoms with Crippen LogP contribution in [-0.2, 0) is 0 Å². The summed E-state index contributed by atoms with van der Waals surface area (Å²) in [6.45, 7) is 2.59. The van der Waals surface area contributed by atoms with Crippen LogP contribution in [0.1, 0.15) is 50.6 Å². The second-order valence-corrected chi connectivity index (χ2v) is 6.80. The Morgan fingerprint density at radius 3 is 2.52 bits per heavy atom. The number of benzene rings is 1. The molecule has 0 amide bonds. The standard InChI is InChI=1S/C16H22F3NS/c1-2-20-14(10-21-11-6-4-3-5-7-11)12-8-9-13(17)16(19)15(12)18/h8-9,11,14,20H,2-7,10H2,1H3. The lowest BCUT2D eigenvalue weighted by molar-refractivity contribution is 0.431. The van der Waals surface area contributed by atoms with Crippen molar-refractivity contribution in [2.24, 2.45) is 0 Å². The molecule has 1 aromatic carbocycles. The Kier molecular flexibility index (Phi) is 6.42. The first kappa shape index (κ1) is 16.7. The van der Waals surface area contributed by atoms with E-state index in [2.05, 4.69) is 5.32 Å². The van der Waals surface area contributed by atoms with Crippen LogP contribution in [0.15, 0.2) is 12.1 Å². The maximum atomic E-state index is 13.9. The number of halogens is 3. The third-order valence-electron chi connectivity index (χ3n) is 3.94. The van der Waals surface area contributed by atoms with Gasteiger partial charge in [-0.15, -0.1) is 0 Å². The van der Waals surface area contributed by atoms with Crippen molar-refractivity contribution in [3.05, 3.63) is 35.1 Å². The van der Waals surface area contributed by atoms with Gasteiger partial charge in [0.25, 0.3) is 0 Å². The zero-order valence-electron chi connectivity index (χ0n) is 12.3. The third kappa shape index (κ3) is 4.39. The minimum absolute atomic E-state index is 0.221. The second-order valence-electron chi connectivity index (χ2n) is 5.47. The van der Waals surface area contributed by atoms with Crippen LogP contribution >= 0.6 is 11.8 Å². The molecule has 0 saturated heterocycles. The maximum absolute atomic E-state index is 13.9. The molecule has 0 radical (unpaired) electrons. The maximum Gasteiger partial charge on any atom is 0.194 e. The highest BCUT2D eigenvalue weighted by atomic mass is 32.2. The van der Waals surface area contributed by atoms with Gasteiger partial charge in [0.05, 0.1) is 0 Å². The molecule has 1 N–H and O–H groups in total. The van der Waals surface area contributed by atoms with Gasteiger partial charge < -0.3 is 5.32 Å². The monoisotopic (exact) mass is 317 g/mol. The van der Waals surface area contributed by atoms with Crippen LogP contribution in [0.5, 0.6) is 0 Å². The SMILES string of the molecule is CCNC(CSC1CCCCC1)c1ccc(F)c(F)c1F. The Balaban J connectivity index is 2.05. The fraction of sp³-hybridized carbons (Fsp3) is 0.625. The van der Waals surface area contributed by atoms with E-state index in [0.717, 1.165) is 6.07 Å². The van der Waals surface area contributed by atoms with Gasteiger partial charge in [-0.25, -0.2) is 13.2 Å². The van der Waals surface area contributed by atoms with E-state index in [1.165, 1.54) is 38.2 Å². The lowest BCUT2D eigenvalue weighted by atomic mass is 10.0. The highest BCUT2D eigenvalue weighted by Gasteiger charge is 2.22. The Bertz CT molecular complexity index is 461. The molecule has 2 rings (SSSR count). The van der Waals surface area contributed by atoms with Crippen molar-refractivity contribution in [1.29, 1.82) is 0 Å². The van der Waals surface area contributed by atoms with Gasteiger partial charge >= 0.3 is 0 Å². The molecular weight excluding hydrogens is 295 g/mol. The molecule has 1 unspecified atom stereocenters. The van der Waals surface area contributed by atoms with E-state index >= 15 is 0 Å². The van der Waals surface area contributed by atoms with Crippen LogP contribution in [0, 0.1) is 17.5 Å². The largest absolute Gasteiger partial charge is 0.309 e. The molecule has 0 aliphatic heterocycles. The van der Waals surface area contributed by atoms with Gasteiger partial charge in [0.2, 0.25) is 0 Å². The van der Waals surface area contributed by atoms with E-state index in [9.17, 15) is 13.2 Å². The highest BCUT2D eigenvalue weighted by Crippen LogP contribution is 2.32. The summed E-state index contributed by atoms with van der Waals surface area (Å²) in [5, 5.41) is 3.78. The molecule has 1 atom stereocenters. The Morgan fingerprint density at radius 1 is 1.14 bits per heavy atom. The zero-order valence-corrected chi connectivity index (χ0v) is 13.1. The molecular formula is C16H22F3NS. The first-order valence-electron chi connectivity index (χ1n) is 7.61. The van der Waals surface area contributed by atoms with Crippen LogP contribution in [0.2, 0.25) is 0 Å². The summed E-state index contributed by atoms with van der Waals surface area (Å²) in [5.41, 5.74) is 0.221. The molecule has 1 saturated carbocycles. The predicted molar refractivity (Wildman–Crippen MR) is 82.1 cm³/mol. The molecule has 118 valence electrons. The third-order valence-corrected chi connectivity index (χ3v) is 5.41. The normalized spacial score (nSPS) is 17.9. The Labute approximate surface area is 128 Å². The van der Waals surface area contributed by atoms with Crippen LogP contribution in [0.25, 0.3) is 0 Å². The van der Waals surface area contributed by atoms with E-state index in [4.69, 9.17) is 0 Å². The molecule has 1 aromatic rings. The molecule has 1 aliphatic rings. The van der Waals surface area contributed by atoms with Crippen molar-refractivity contribution in [2.45, 2.75) is 50.3 Å². The molecule has 1 aliphatic carbocycles. The average Bonchev–Trinajstić information content (AvgIpc) is 2.51. The summed E-state index contributed by atoms with van der Waals surface area (Å²) in [5.74, 6) is -2.89. The van der Waals surface area contributed by atoms with Crippen LogP contribution in [-0.4, -0.2) is 17.5 Å². The van der Waals surface area contributed by atoms with E-state index in [-0.39, 0.29) is 11.6 Å². The smallest absolute Gasteiger partial charge is 0.194 e. The molecule has 5 heteroatoms. The molecule has 0 aromatic heterocycles. The van der Waals surface area contributed by atoms with Gasteiger partial charge in [-0.2, -0.15) is 11.8 Å². The van der Waals surface area contributed by atoms with Crippen molar-refractivity contribution >= 4 is 11.8 Å².